The Labute approximate surface area is 418 Å². The zero-order valence-electron chi connectivity index (χ0n) is 43.4. The van der Waals surface area contributed by atoms with Crippen LogP contribution in [0.1, 0.15) is 120 Å². The van der Waals surface area contributed by atoms with Crippen molar-refractivity contribution < 1.29 is 53.1 Å². The van der Waals surface area contributed by atoms with Crippen LogP contribution in [0, 0.1) is 17.8 Å². The van der Waals surface area contributed by atoms with E-state index in [1.54, 1.807) is 48.5 Å². The van der Waals surface area contributed by atoms with Gasteiger partial charge in [0, 0.05) is 46.6 Å². The van der Waals surface area contributed by atoms with Gasteiger partial charge >= 0.3 is 0 Å². The topological polar surface area (TPSA) is 349 Å². The maximum atomic E-state index is 14.4. The summed E-state index contributed by atoms with van der Waals surface area (Å²) in [6.45, 7) is 15.2. The van der Waals surface area contributed by atoms with Crippen molar-refractivity contribution >= 4 is 65.0 Å². The maximum Gasteiger partial charge on any atom is 0.246 e. The van der Waals surface area contributed by atoms with Crippen LogP contribution in [-0.4, -0.2) is 180 Å². The molecular formula is C47H83N13O11. The lowest BCUT2D eigenvalue weighted by Gasteiger charge is -2.33. The smallest absolute Gasteiger partial charge is 0.246 e. The number of carbonyl (C=O) groups excluding carboxylic acids is 10. The lowest BCUT2D eigenvalue weighted by molar-refractivity contribution is -0.144. The molecule has 10 atom stereocenters. The third-order valence-electron chi connectivity index (χ3n) is 13.0. The number of nitrogens with one attached hydrogen (secondary N) is 7. The summed E-state index contributed by atoms with van der Waals surface area (Å²) in [5.74, 6) is -7.39. The Morgan fingerprint density at radius 2 is 1.32 bits per heavy atom. The quantitative estimate of drug-likeness (QED) is 0.0224. The largest absolute Gasteiger partial charge is 0.391 e. The molecule has 24 nitrogen and oxygen atoms in total. The molecule has 0 radical (unpaired) electrons. The number of nitrogens with two attached hydrogens (primary N) is 2. The summed E-state index contributed by atoms with van der Waals surface area (Å²) in [6, 6.07) is -7.77. The van der Waals surface area contributed by atoms with Crippen molar-refractivity contribution in [3.8, 4) is 0 Å². The molecule has 0 spiro atoms. The Balaban J connectivity index is 2.31. The Morgan fingerprint density at radius 3 is 1.90 bits per heavy atom. The number of likely N-dealkylation sites (tertiary alicyclic amines) is 2. The normalized spacial score (nSPS) is 19.4. The summed E-state index contributed by atoms with van der Waals surface area (Å²) in [5, 5.41) is 29.8. The van der Waals surface area contributed by atoms with Crippen molar-refractivity contribution in [1.82, 2.24) is 51.9 Å². The number of hydrogen-bond acceptors (Lipinski definition) is 12. The van der Waals surface area contributed by atoms with Crippen molar-refractivity contribution in [2.75, 3.05) is 46.3 Å². The zero-order valence-corrected chi connectivity index (χ0v) is 43.4. The van der Waals surface area contributed by atoms with Crippen LogP contribution in [0.15, 0.2) is 4.99 Å². The van der Waals surface area contributed by atoms with Crippen LogP contribution in [-0.2, 0) is 47.9 Å². The fraction of sp³-hybridized carbons (Fsp3) is 0.766. The highest BCUT2D eigenvalue weighted by molar-refractivity contribution is 5.98. The van der Waals surface area contributed by atoms with E-state index in [1.165, 1.54) is 23.8 Å². The first kappa shape index (κ1) is 61.1. The van der Waals surface area contributed by atoms with Gasteiger partial charge in [-0.15, -0.1) is 0 Å². The molecule has 12 N–H and O–H groups in total. The highest BCUT2D eigenvalue weighted by Gasteiger charge is 2.45. The van der Waals surface area contributed by atoms with Gasteiger partial charge in [0.05, 0.1) is 19.2 Å². The number of aliphatic hydroxyl groups excluding tert-OH is 1. The minimum Gasteiger partial charge on any atom is -0.391 e. The molecular weight excluding hydrogens is 923 g/mol. The average molecular weight is 1010 g/mol. The average Bonchev–Trinajstić information content (AvgIpc) is 3.98. The number of aliphatic imine (C=N–C) groups is 1. The van der Waals surface area contributed by atoms with E-state index in [1.807, 2.05) is 6.92 Å². The Morgan fingerprint density at radius 1 is 0.704 bits per heavy atom. The number of likely N-dealkylation sites (N-methyl/N-ethyl adjacent to an activating group) is 2. The maximum absolute atomic E-state index is 14.4. The van der Waals surface area contributed by atoms with Crippen LogP contribution in [0.2, 0.25) is 0 Å². The minimum absolute atomic E-state index is 0.124. The molecule has 71 heavy (non-hydrogen) atoms. The third kappa shape index (κ3) is 18.9. The predicted molar refractivity (Wildman–Crippen MR) is 264 cm³/mol. The number of hydrogen-bond donors (Lipinski definition) is 10. The van der Waals surface area contributed by atoms with Crippen LogP contribution in [0.5, 0.6) is 0 Å². The molecule has 2 aliphatic rings. The van der Waals surface area contributed by atoms with E-state index in [9.17, 15) is 53.1 Å². The molecule has 2 heterocycles. The fourth-order valence-electron chi connectivity index (χ4n) is 8.33. The molecule has 0 bridgehead atoms. The van der Waals surface area contributed by atoms with Crippen LogP contribution in [0.4, 0.5) is 0 Å². The van der Waals surface area contributed by atoms with Crippen molar-refractivity contribution in [3.63, 3.8) is 0 Å². The first-order chi connectivity index (χ1) is 33.4. The summed E-state index contributed by atoms with van der Waals surface area (Å²) >= 11 is 0. The van der Waals surface area contributed by atoms with Gasteiger partial charge in [0.2, 0.25) is 59.1 Å². The van der Waals surface area contributed by atoms with E-state index in [2.05, 4.69) is 42.2 Å². The third-order valence-corrected chi connectivity index (χ3v) is 13.0. The van der Waals surface area contributed by atoms with E-state index >= 15 is 0 Å². The fourth-order valence-corrected chi connectivity index (χ4v) is 8.33. The van der Waals surface area contributed by atoms with Crippen molar-refractivity contribution in [2.24, 2.45) is 34.2 Å². The number of nitrogens with zero attached hydrogens (tertiary/aromatic N) is 4. The molecule has 24 heteroatoms. The van der Waals surface area contributed by atoms with E-state index in [0.717, 1.165) is 4.90 Å². The first-order valence-electron chi connectivity index (χ1n) is 25.0. The summed E-state index contributed by atoms with van der Waals surface area (Å²) in [6.07, 6.45) is 1.58. The van der Waals surface area contributed by atoms with Gasteiger partial charge in [0.25, 0.3) is 0 Å². The van der Waals surface area contributed by atoms with Crippen molar-refractivity contribution in [2.45, 2.75) is 168 Å². The molecule has 10 amide bonds. The second-order valence-electron chi connectivity index (χ2n) is 19.0. The van der Waals surface area contributed by atoms with E-state index in [4.69, 9.17) is 11.5 Å². The monoisotopic (exact) mass is 1010 g/mol. The molecule has 0 aromatic carbocycles. The number of rotatable bonds is 28. The standard InChI is InChI=1S/C47H83N13O11/c1-11-17-31(40(65)56-38(27(7)12-2)44(69)54-32(18-15-20-51-47(48)49)45(70)59-21-16-19-33(59)41(66)50-14-4)53-42(67)34-22-30(62)24-60(34)46(71)39(28(8)13-3)57-43(68)37(26(5)6)55-35(63)23-52-36(64)25-58(10)29(9)61/h26-28,30-34,37-39,62H,11-25H2,1-10H3,(H,50,66)(H,52,64)(H,53,67)(H,54,69)(H,55,63)(H,56,65)(H,57,68)(H4,48,49,51)/t27-,28+,30+,31-,32-,33-,34-,37-,38-,39+/m0/s1. The molecule has 2 saturated heterocycles. The second kappa shape index (κ2) is 30.0. The van der Waals surface area contributed by atoms with E-state index in [0.29, 0.717) is 51.6 Å². The highest BCUT2D eigenvalue weighted by atomic mass is 16.3. The number of aliphatic hydroxyl groups is 1. The van der Waals surface area contributed by atoms with Crippen LogP contribution < -0.4 is 48.7 Å². The number of β-amino-alcohol motifs (C(OH)–C–C–N with tert-alkyl or cyclic N) is 1. The minimum atomic E-state index is -1.26. The second-order valence-corrected chi connectivity index (χ2v) is 19.0. The molecule has 0 aromatic heterocycles. The number of guanidine groups is 1. The summed E-state index contributed by atoms with van der Waals surface area (Å²) in [7, 11) is 1.43. The molecule has 2 rings (SSSR count). The van der Waals surface area contributed by atoms with E-state index < -0.39 is 120 Å². The van der Waals surface area contributed by atoms with Crippen molar-refractivity contribution in [3.05, 3.63) is 0 Å². The predicted octanol–water partition coefficient (Wildman–Crippen LogP) is -2.30. The van der Waals surface area contributed by atoms with E-state index in [-0.39, 0.29) is 56.7 Å². The first-order valence-corrected chi connectivity index (χ1v) is 25.0. The molecule has 0 saturated carbocycles. The lowest BCUT2D eigenvalue weighted by atomic mass is 9.95. The van der Waals surface area contributed by atoms with Gasteiger partial charge in [-0.1, -0.05) is 67.7 Å². The Bertz CT molecular complexity index is 1900. The SMILES string of the molecule is CCC[C@H](NC(=O)[C@@H]1C[C@@H](O)CN1C(=O)[C@H](NC(=O)[C@@H](NC(=O)CNC(=O)CN(C)C(C)=O)C(C)C)[C@H](C)CC)C(=O)N[C@H](C(=O)N[C@@H](CCCN=C(N)N)C(=O)N1CCC[C@H]1C(=O)NCC)[C@@H](C)CC. The van der Waals surface area contributed by atoms with Gasteiger partial charge in [0.1, 0.15) is 42.3 Å². The summed E-state index contributed by atoms with van der Waals surface area (Å²) in [4.78, 5) is 142. The Hall–Kier alpha value is -6.07. The molecule has 0 aromatic rings. The van der Waals surface area contributed by atoms with Crippen LogP contribution in [0.3, 0.4) is 0 Å². The molecule has 0 unspecified atom stereocenters. The number of carbonyl (C=O) groups is 10. The van der Waals surface area contributed by atoms with Gasteiger partial charge in [-0.05, 0) is 56.8 Å². The molecule has 2 aliphatic heterocycles. The van der Waals surface area contributed by atoms with Gasteiger partial charge in [-0.25, -0.2) is 0 Å². The summed E-state index contributed by atoms with van der Waals surface area (Å²) < 4.78 is 0. The zero-order chi connectivity index (χ0) is 53.7. The van der Waals surface area contributed by atoms with Gasteiger partial charge < -0.3 is 68.5 Å². The number of amides is 10. The van der Waals surface area contributed by atoms with Gasteiger partial charge in [0.15, 0.2) is 5.96 Å². The molecule has 0 aliphatic carbocycles. The van der Waals surface area contributed by atoms with Gasteiger partial charge in [-0.2, -0.15) is 0 Å². The van der Waals surface area contributed by atoms with Crippen LogP contribution >= 0.6 is 0 Å². The lowest BCUT2D eigenvalue weighted by Crippen LogP contribution is -2.61. The molecule has 2 fully saturated rings. The van der Waals surface area contributed by atoms with Crippen molar-refractivity contribution in [1.29, 1.82) is 0 Å². The van der Waals surface area contributed by atoms with Crippen LogP contribution in [0.25, 0.3) is 0 Å². The Kier molecular flexibility index (Phi) is 25.8. The van der Waals surface area contributed by atoms with Gasteiger partial charge in [-0.3, -0.25) is 52.9 Å². The summed E-state index contributed by atoms with van der Waals surface area (Å²) in [5.41, 5.74) is 11.0. The molecule has 402 valence electrons. The highest BCUT2D eigenvalue weighted by Crippen LogP contribution is 2.24.